The Hall–Kier alpha value is -2.09. The monoisotopic (exact) mass is 279 g/mol. The summed E-state index contributed by atoms with van der Waals surface area (Å²) in [5.74, 6) is 0.607. The third kappa shape index (κ3) is 3.15. The minimum Gasteiger partial charge on any atom is -0.349 e. The van der Waals surface area contributed by atoms with Crippen molar-refractivity contribution in [2.24, 2.45) is 0 Å². The van der Waals surface area contributed by atoms with Crippen LogP contribution in [0.1, 0.15) is 47.9 Å². The van der Waals surface area contributed by atoms with Gasteiger partial charge in [0.2, 0.25) is 5.91 Å². The molecule has 1 saturated heterocycles. The van der Waals surface area contributed by atoms with Gasteiger partial charge in [0.15, 0.2) is 0 Å². The first-order valence-electron chi connectivity index (χ1n) is 7.64. The molecule has 1 N–H and O–H groups in total. The van der Waals surface area contributed by atoms with Gasteiger partial charge in [0.1, 0.15) is 0 Å². The summed E-state index contributed by atoms with van der Waals surface area (Å²) in [6, 6.07) is 18.9. The number of carbonyl (C=O) groups excluding carboxylic acids is 1. The molecule has 0 aromatic heterocycles. The van der Waals surface area contributed by atoms with Gasteiger partial charge in [0, 0.05) is 6.42 Å². The van der Waals surface area contributed by atoms with Gasteiger partial charge >= 0.3 is 0 Å². The van der Waals surface area contributed by atoms with E-state index >= 15 is 0 Å². The maximum Gasteiger partial charge on any atom is 0.220 e. The van der Waals surface area contributed by atoms with Crippen molar-refractivity contribution in [1.82, 2.24) is 5.32 Å². The Kier molecular flexibility index (Phi) is 4.05. The molecule has 2 nitrogen and oxygen atoms in total. The fraction of sp³-hybridized carbons (Fsp3) is 0.316. The van der Waals surface area contributed by atoms with Gasteiger partial charge in [-0.15, -0.1) is 0 Å². The molecule has 2 aromatic rings. The van der Waals surface area contributed by atoms with Crippen LogP contribution in [0.25, 0.3) is 0 Å². The maximum atomic E-state index is 12.0. The van der Waals surface area contributed by atoms with Crippen molar-refractivity contribution < 1.29 is 4.79 Å². The molecule has 3 rings (SSSR count). The number of benzene rings is 2. The molecule has 0 spiro atoms. The molecule has 1 amide bonds. The first-order valence-corrected chi connectivity index (χ1v) is 7.64. The second kappa shape index (κ2) is 6.13. The molecule has 1 aliphatic heterocycles. The van der Waals surface area contributed by atoms with Crippen LogP contribution in [0.4, 0.5) is 0 Å². The summed E-state index contributed by atoms with van der Waals surface area (Å²) >= 11 is 0. The zero-order valence-electron chi connectivity index (χ0n) is 12.4. The minimum absolute atomic E-state index is 0.116. The van der Waals surface area contributed by atoms with Crippen molar-refractivity contribution in [3.63, 3.8) is 0 Å². The molecule has 2 heteroatoms. The second-order valence-corrected chi connectivity index (χ2v) is 5.86. The van der Waals surface area contributed by atoms with E-state index in [1.807, 2.05) is 18.2 Å². The quantitative estimate of drug-likeness (QED) is 0.880. The normalized spacial score (nSPS) is 22.4. The third-order valence-corrected chi connectivity index (χ3v) is 4.41. The van der Waals surface area contributed by atoms with Gasteiger partial charge in [-0.1, -0.05) is 54.6 Å². The molecule has 2 atom stereocenters. The molecule has 108 valence electrons. The average molecular weight is 279 g/mol. The molecular formula is C19H21NO. The highest BCUT2D eigenvalue weighted by Crippen LogP contribution is 2.35. The highest BCUT2D eigenvalue weighted by atomic mass is 16.1. The van der Waals surface area contributed by atoms with E-state index in [1.165, 1.54) is 16.7 Å². The molecule has 2 aromatic carbocycles. The van der Waals surface area contributed by atoms with Crippen molar-refractivity contribution in [2.75, 3.05) is 0 Å². The van der Waals surface area contributed by atoms with Gasteiger partial charge in [-0.05, 0) is 42.4 Å². The molecule has 1 aliphatic rings. The van der Waals surface area contributed by atoms with Gasteiger partial charge in [0.25, 0.3) is 0 Å². The average Bonchev–Trinajstić information content (AvgIpc) is 2.71. The van der Waals surface area contributed by atoms with Crippen molar-refractivity contribution in [3.05, 3.63) is 71.3 Å². The van der Waals surface area contributed by atoms with E-state index < -0.39 is 0 Å². The fourth-order valence-corrected chi connectivity index (χ4v) is 3.27. The Morgan fingerprint density at radius 3 is 2.48 bits per heavy atom. The topological polar surface area (TPSA) is 29.1 Å². The zero-order valence-corrected chi connectivity index (χ0v) is 12.4. The van der Waals surface area contributed by atoms with Crippen LogP contribution in [0, 0.1) is 6.92 Å². The summed E-state index contributed by atoms with van der Waals surface area (Å²) in [6.07, 6.45) is 2.52. The maximum absolute atomic E-state index is 12.0. The Labute approximate surface area is 126 Å². The molecule has 0 aliphatic carbocycles. The zero-order chi connectivity index (χ0) is 14.7. The Bertz CT molecular complexity index is 620. The van der Waals surface area contributed by atoms with Gasteiger partial charge in [-0.2, -0.15) is 0 Å². The number of hydrogen-bond donors (Lipinski definition) is 1. The minimum atomic E-state index is 0.116. The summed E-state index contributed by atoms with van der Waals surface area (Å²) < 4.78 is 0. The molecule has 21 heavy (non-hydrogen) atoms. The van der Waals surface area contributed by atoms with E-state index in [0.29, 0.717) is 12.3 Å². The third-order valence-electron chi connectivity index (χ3n) is 4.41. The highest BCUT2D eigenvalue weighted by molar-refractivity contribution is 5.77. The van der Waals surface area contributed by atoms with Crippen LogP contribution in [-0.4, -0.2) is 5.91 Å². The molecular weight excluding hydrogens is 258 g/mol. The molecule has 2 unspecified atom stereocenters. The highest BCUT2D eigenvalue weighted by Gasteiger charge is 2.26. The van der Waals surface area contributed by atoms with E-state index in [9.17, 15) is 4.79 Å². The van der Waals surface area contributed by atoms with Crippen LogP contribution in [0.15, 0.2) is 54.6 Å². The van der Waals surface area contributed by atoms with Gasteiger partial charge in [0.05, 0.1) is 6.04 Å². The number of rotatable bonds is 2. The molecule has 0 saturated carbocycles. The number of amides is 1. The van der Waals surface area contributed by atoms with Crippen LogP contribution in [0.5, 0.6) is 0 Å². The van der Waals surface area contributed by atoms with Crippen molar-refractivity contribution in [2.45, 2.75) is 38.1 Å². The predicted octanol–water partition coefficient (Wildman–Crippen LogP) is 4.12. The number of aryl methyl sites for hydroxylation is 1. The summed E-state index contributed by atoms with van der Waals surface area (Å²) in [5, 5.41) is 3.18. The van der Waals surface area contributed by atoms with E-state index in [1.54, 1.807) is 0 Å². The van der Waals surface area contributed by atoms with Crippen LogP contribution in [0.3, 0.4) is 0 Å². The van der Waals surface area contributed by atoms with Crippen molar-refractivity contribution in [1.29, 1.82) is 0 Å². The first-order chi connectivity index (χ1) is 10.2. The van der Waals surface area contributed by atoms with Crippen molar-refractivity contribution in [3.8, 4) is 0 Å². The van der Waals surface area contributed by atoms with Gasteiger partial charge < -0.3 is 5.32 Å². The number of hydrogen-bond acceptors (Lipinski definition) is 1. The summed E-state index contributed by atoms with van der Waals surface area (Å²) in [4.78, 5) is 12.0. The van der Waals surface area contributed by atoms with Crippen molar-refractivity contribution >= 4 is 5.91 Å². The molecule has 1 fully saturated rings. The Morgan fingerprint density at radius 1 is 1.00 bits per heavy atom. The standard InChI is InChI=1S/C19H21NO/c1-14-7-5-6-10-17(14)16-11-12-19(21)20-18(13-16)15-8-3-2-4-9-15/h2-10,16,18H,11-13H2,1H3,(H,20,21). The van der Waals surface area contributed by atoms with Crippen LogP contribution < -0.4 is 5.32 Å². The second-order valence-electron chi connectivity index (χ2n) is 5.86. The van der Waals surface area contributed by atoms with Crippen LogP contribution >= 0.6 is 0 Å². The predicted molar refractivity (Wildman–Crippen MR) is 85.1 cm³/mol. The van der Waals surface area contributed by atoms with E-state index in [2.05, 4.69) is 48.6 Å². The lowest BCUT2D eigenvalue weighted by Gasteiger charge is -2.22. The smallest absolute Gasteiger partial charge is 0.220 e. The number of nitrogens with one attached hydrogen (secondary N) is 1. The Balaban J connectivity index is 1.89. The lowest BCUT2D eigenvalue weighted by atomic mass is 9.85. The van der Waals surface area contributed by atoms with Gasteiger partial charge in [-0.25, -0.2) is 0 Å². The van der Waals surface area contributed by atoms with Crippen LogP contribution in [-0.2, 0) is 4.79 Å². The number of carbonyl (C=O) groups is 1. The van der Waals surface area contributed by atoms with Crippen LogP contribution in [0.2, 0.25) is 0 Å². The van der Waals surface area contributed by atoms with E-state index in [4.69, 9.17) is 0 Å². The summed E-state index contributed by atoms with van der Waals surface area (Å²) in [7, 11) is 0. The largest absolute Gasteiger partial charge is 0.349 e. The first kappa shape index (κ1) is 13.9. The molecule has 0 bridgehead atoms. The van der Waals surface area contributed by atoms with E-state index in [-0.39, 0.29) is 11.9 Å². The summed E-state index contributed by atoms with van der Waals surface area (Å²) in [5.41, 5.74) is 3.91. The fourth-order valence-electron chi connectivity index (χ4n) is 3.27. The Morgan fingerprint density at radius 2 is 1.71 bits per heavy atom. The lowest BCUT2D eigenvalue weighted by molar-refractivity contribution is -0.121. The lowest BCUT2D eigenvalue weighted by Crippen LogP contribution is -2.26. The molecule has 0 radical (unpaired) electrons. The SMILES string of the molecule is Cc1ccccc1C1CCC(=O)NC(c2ccccc2)C1. The molecule has 1 heterocycles. The van der Waals surface area contributed by atoms with E-state index in [0.717, 1.165) is 12.8 Å². The van der Waals surface area contributed by atoms with Gasteiger partial charge in [-0.3, -0.25) is 4.79 Å². The summed E-state index contributed by atoms with van der Waals surface area (Å²) in [6.45, 7) is 2.16.